The lowest BCUT2D eigenvalue weighted by molar-refractivity contribution is -0.123. The van der Waals surface area contributed by atoms with Crippen LogP contribution in [0.5, 0.6) is 0 Å². The van der Waals surface area contributed by atoms with Crippen molar-refractivity contribution in [3.8, 4) is 6.07 Å². The summed E-state index contributed by atoms with van der Waals surface area (Å²) in [5, 5.41) is 12.4. The summed E-state index contributed by atoms with van der Waals surface area (Å²) in [6, 6.07) is 8.70. The minimum atomic E-state index is -0.473. The number of nitrogens with zero attached hydrogens (tertiary/aromatic N) is 3. The molecule has 2 atom stereocenters. The molecule has 1 aliphatic carbocycles. The van der Waals surface area contributed by atoms with Gasteiger partial charge in [0.05, 0.1) is 29.3 Å². The summed E-state index contributed by atoms with van der Waals surface area (Å²) >= 11 is 0. The number of amides is 3. The molecule has 7 heteroatoms. The number of hydrazone groups is 1. The zero-order valence-electron chi connectivity index (χ0n) is 14.6. The number of rotatable bonds is 4. The van der Waals surface area contributed by atoms with Crippen LogP contribution in [0.25, 0.3) is 0 Å². The second kappa shape index (κ2) is 7.48. The number of hydrogen-bond donors (Lipinski definition) is 1. The van der Waals surface area contributed by atoms with Crippen molar-refractivity contribution in [1.29, 1.82) is 5.26 Å². The molecule has 1 saturated carbocycles. The Balaban J connectivity index is 1.74. The summed E-state index contributed by atoms with van der Waals surface area (Å²) in [7, 11) is 0. The van der Waals surface area contributed by atoms with Crippen molar-refractivity contribution in [3.05, 3.63) is 29.8 Å². The first kappa shape index (κ1) is 17.8. The molecule has 0 radical (unpaired) electrons. The second-order valence-electron chi connectivity index (χ2n) is 6.62. The molecular formula is C19H20N4O3. The van der Waals surface area contributed by atoms with Crippen molar-refractivity contribution in [3.63, 3.8) is 0 Å². The molecule has 1 saturated heterocycles. The summed E-state index contributed by atoms with van der Waals surface area (Å²) in [5.74, 6) is -1.01. The van der Waals surface area contributed by atoms with Crippen LogP contribution in [0.15, 0.2) is 29.4 Å². The van der Waals surface area contributed by atoms with Gasteiger partial charge in [-0.05, 0) is 37.5 Å². The van der Waals surface area contributed by atoms with E-state index in [9.17, 15) is 14.4 Å². The van der Waals surface area contributed by atoms with Crippen molar-refractivity contribution in [2.24, 2.45) is 16.9 Å². The summed E-state index contributed by atoms with van der Waals surface area (Å²) in [4.78, 5) is 37.8. The standard InChI is InChI=1S/C19H20N4O3/c1-12(21-22-17(24)10-11-20)13-6-8-14(9-7-13)23-18(25)15-4-2-3-5-16(15)19(23)26/h6-9,15-16H,2-5,10H2,1H3,(H,22,24)/b21-12+/t15-,16+. The minimum absolute atomic E-state index is 0.0957. The molecule has 1 heterocycles. The van der Waals surface area contributed by atoms with E-state index in [0.29, 0.717) is 11.4 Å². The average Bonchev–Trinajstić information content (AvgIpc) is 2.91. The third-order valence-corrected chi connectivity index (χ3v) is 4.97. The molecule has 1 aliphatic heterocycles. The Bertz CT molecular complexity index is 783. The van der Waals surface area contributed by atoms with Gasteiger partial charge >= 0.3 is 0 Å². The fraction of sp³-hybridized carbons (Fsp3) is 0.421. The lowest BCUT2D eigenvalue weighted by atomic mass is 9.81. The highest BCUT2D eigenvalue weighted by Crippen LogP contribution is 2.40. The zero-order valence-corrected chi connectivity index (χ0v) is 14.6. The van der Waals surface area contributed by atoms with Crippen LogP contribution in [0.4, 0.5) is 5.69 Å². The van der Waals surface area contributed by atoms with Gasteiger partial charge in [-0.15, -0.1) is 0 Å². The van der Waals surface area contributed by atoms with Gasteiger partial charge in [0.2, 0.25) is 11.8 Å². The van der Waals surface area contributed by atoms with Crippen LogP contribution in [0.1, 0.15) is 44.6 Å². The number of benzene rings is 1. The van der Waals surface area contributed by atoms with Gasteiger partial charge in [-0.3, -0.25) is 19.3 Å². The SMILES string of the molecule is C/C(=N\NC(=O)CC#N)c1ccc(N2C(=O)[C@H]3CCCC[C@H]3C2=O)cc1. The quantitative estimate of drug-likeness (QED) is 0.509. The van der Waals surface area contributed by atoms with Crippen LogP contribution in [-0.4, -0.2) is 23.4 Å². The minimum Gasteiger partial charge on any atom is -0.274 e. The average molecular weight is 352 g/mol. The summed E-state index contributed by atoms with van der Waals surface area (Å²) in [5.41, 5.74) is 4.19. The predicted molar refractivity (Wildman–Crippen MR) is 95.0 cm³/mol. The monoisotopic (exact) mass is 352 g/mol. The van der Waals surface area contributed by atoms with E-state index in [-0.39, 0.29) is 30.1 Å². The molecule has 0 aromatic heterocycles. The van der Waals surface area contributed by atoms with E-state index in [1.54, 1.807) is 37.3 Å². The van der Waals surface area contributed by atoms with Crippen LogP contribution in [-0.2, 0) is 14.4 Å². The Labute approximate surface area is 151 Å². The Morgan fingerprint density at radius 1 is 1.19 bits per heavy atom. The molecule has 134 valence electrons. The molecule has 2 fully saturated rings. The van der Waals surface area contributed by atoms with Gasteiger partial charge in [-0.25, -0.2) is 5.43 Å². The molecule has 1 N–H and O–H groups in total. The van der Waals surface area contributed by atoms with Crippen LogP contribution >= 0.6 is 0 Å². The predicted octanol–water partition coefficient (Wildman–Crippen LogP) is 2.12. The molecule has 0 bridgehead atoms. The number of carbonyl (C=O) groups excluding carboxylic acids is 3. The fourth-order valence-electron chi connectivity index (χ4n) is 3.59. The number of anilines is 1. The number of imide groups is 1. The van der Waals surface area contributed by atoms with E-state index >= 15 is 0 Å². The maximum Gasteiger partial charge on any atom is 0.254 e. The smallest absolute Gasteiger partial charge is 0.254 e. The Kier molecular flexibility index (Phi) is 5.12. The van der Waals surface area contributed by atoms with Gasteiger partial charge in [0, 0.05) is 0 Å². The van der Waals surface area contributed by atoms with Crippen LogP contribution < -0.4 is 10.3 Å². The molecule has 0 spiro atoms. The van der Waals surface area contributed by atoms with Crippen LogP contribution in [0.3, 0.4) is 0 Å². The molecule has 0 unspecified atom stereocenters. The van der Waals surface area contributed by atoms with E-state index in [4.69, 9.17) is 5.26 Å². The first-order valence-electron chi connectivity index (χ1n) is 8.71. The largest absolute Gasteiger partial charge is 0.274 e. The number of nitriles is 1. The number of fused-ring (bicyclic) bond motifs is 1. The highest BCUT2D eigenvalue weighted by atomic mass is 16.2. The molecule has 1 aromatic carbocycles. The molecule has 1 aromatic rings. The Morgan fingerprint density at radius 3 is 2.31 bits per heavy atom. The van der Waals surface area contributed by atoms with Crippen LogP contribution in [0.2, 0.25) is 0 Å². The first-order valence-corrected chi connectivity index (χ1v) is 8.71. The van der Waals surface area contributed by atoms with Gasteiger partial charge in [-0.2, -0.15) is 10.4 Å². The van der Waals surface area contributed by atoms with E-state index in [0.717, 1.165) is 31.2 Å². The lowest BCUT2D eigenvalue weighted by Gasteiger charge is -2.19. The van der Waals surface area contributed by atoms with Gasteiger partial charge in [0.25, 0.3) is 5.91 Å². The Hall–Kier alpha value is -3.01. The zero-order chi connectivity index (χ0) is 18.7. The summed E-state index contributed by atoms with van der Waals surface area (Å²) < 4.78 is 0. The fourth-order valence-corrected chi connectivity index (χ4v) is 3.59. The maximum absolute atomic E-state index is 12.6. The normalized spacial score (nSPS) is 22.8. The first-order chi connectivity index (χ1) is 12.5. The molecule has 26 heavy (non-hydrogen) atoms. The Morgan fingerprint density at radius 2 is 1.77 bits per heavy atom. The lowest BCUT2D eigenvalue weighted by Crippen LogP contribution is -2.30. The number of hydrogen-bond acceptors (Lipinski definition) is 5. The van der Waals surface area contributed by atoms with Crippen molar-refractivity contribution < 1.29 is 14.4 Å². The molecule has 2 aliphatic rings. The maximum atomic E-state index is 12.6. The molecule has 7 nitrogen and oxygen atoms in total. The van der Waals surface area contributed by atoms with Gasteiger partial charge in [-0.1, -0.05) is 25.0 Å². The van der Waals surface area contributed by atoms with Gasteiger partial charge in [0.1, 0.15) is 6.42 Å². The summed E-state index contributed by atoms with van der Waals surface area (Å²) in [6.45, 7) is 1.72. The third kappa shape index (κ3) is 3.36. The van der Waals surface area contributed by atoms with Crippen molar-refractivity contribution in [2.45, 2.75) is 39.0 Å². The van der Waals surface area contributed by atoms with E-state index in [1.807, 2.05) is 0 Å². The second-order valence-corrected chi connectivity index (χ2v) is 6.62. The number of nitrogens with one attached hydrogen (secondary N) is 1. The molecule has 3 amide bonds. The van der Waals surface area contributed by atoms with Gasteiger partial charge in [0.15, 0.2) is 0 Å². The van der Waals surface area contributed by atoms with E-state index < -0.39 is 5.91 Å². The van der Waals surface area contributed by atoms with Crippen molar-refractivity contribution in [1.82, 2.24) is 5.43 Å². The third-order valence-electron chi connectivity index (χ3n) is 4.97. The van der Waals surface area contributed by atoms with E-state index in [2.05, 4.69) is 10.5 Å². The topological polar surface area (TPSA) is 103 Å². The van der Waals surface area contributed by atoms with Crippen molar-refractivity contribution in [2.75, 3.05) is 4.90 Å². The van der Waals surface area contributed by atoms with Gasteiger partial charge < -0.3 is 0 Å². The van der Waals surface area contributed by atoms with Crippen LogP contribution in [0, 0.1) is 23.2 Å². The van der Waals surface area contributed by atoms with E-state index in [1.165, 1.54) is 4.90 Å². The molecular weight excluding hydrogens is 332 g/mol. The number of carbonyl (C=O) groups is 3. The molecule has 3 rings (SSSR count). The highest BCUT2D eigenvalue weighted by Gasteiger charge is 2.48. The van der Waals surface area contributed by atoms with Crippen molar-refractivity contribution >= 4 is 29.1 Å². The highest BCUT2D eigenvalue weighted by molar-refractivity contribution is 6.22. The summed E-state index contributed by atoms with van der Waals surface area (Å²) in [6.07, 6.45) is 3.33.